The van der Waals surface area contributed by atoms with Gasteiger partial charge in [0.05, 0.1) is 0 Å². The van der Waals surface area contributed by atoms with Crippen molar-refractivity contribution in [1.82, 2.24) is 9.88 Å². The summed E-state index contributed by atoms with van der Waals surface area (Å²) in [5.41, 5.74) is 1.54. The fraction of sp³-hybridized carbons (Fsp3) is 0.267. The largest absolute Gasteiger partial charge is 0.352 e. The molecule has 0 saturated carbocycles. The Hall–Kier alpha value is -2.21. The number of carbonyl (C=O) groups excluding carboxylic acids is 2. The lowest BCUT2D eigenvalue weighted by Crippen LogP contribution is -2.26. The third-order valence-corrected chi connectivity index (χ3v) is 3.84. The van der Waals surface area contributed by atoms with Crippen LogP contribution in [0.25, 0.3) is 0 Å². The van der Waals surface area contributed by atoms with Crippen LogP contribution in [0.3, 0.4) is 0 Å². The Bertz CT molecular complexity index is 715. The first-order valence-electron chi connectivity index (χ1n) is 6.59. The van der Waals surface area contributed by atoms with Gasteiger partial charge in [0.15, 0.2) is 4.80 Å². The molecule has 2 aromatic rings. The first-order valence-corrected chi connectivity index (χ1v) is 7.47. The molecule has 1 aromatic heterocycles. The van der Waals surface area contributed by atoms with E-state index in [1.165, 1.54) is 11.3 Å². The molecule has 0 aliphatic rings. The van der Waals surface area contributed by atoms with Crippen LogP contribution in [-0.4, -0.2) is 22.9 Å². The van der Waals surface area contributed by atoms with Gasteiger partial charge in [0, 0.05) is 37.2 Å². The van der Waals surface area contributed by atoms with E-state index in [2.05, 4.69) is 10.3 Å². The number of benzene rings is 1. The van der Waals surface area contributed by atoms with Crippen LogP contribution < -0.4 is 10.1 Å². The molecule has 6 heteroatoms. The number of nitrogens with one attached hydrogen (secondary N) is 1. The lowest BCUT2D eigenvalue weighted by Gasteiger charge is -2.06. The van der Waals surface area contributed by atoms with Crippen molar-refractivity contribution in [3.05, 3.63) is 51.8 Å². The molecule has 0 radical (unpaired) electrons. The maximum atomic E-state index is 12.0. The van der Waals surface area contributed by atoms with Crippen molar-refractivity contribution in [3.63, 3.8) is 0 Å². The molecule has 110 valence electrons. The van der Waals surface area contributed by atoms with Crippen LogP contribution in [-0.2, 0) is 11.8 Å². The van der Waals surface area contributed by atoms with Gasteiger partial charge in [-0.3, -0.25) is 9.59 Å². The molecular formula is C15H17N3O2S. The van der Waals surface area contributed by atoms with Crippen LogP contribution in [0, 0.1) is 6.92 Å². The van der Waals surface area contributed by atoms with E-state index in [-0.39, 0.29) is 24.8 Å². The van der Waals surface area contributed by atoms with Gasteiger partial charge in [-0.25, -0.2) is 0 Å². The highest BCUT2D eigenvalue weighted by Crippen LogP contribution is 2.06. The number of rotatable bonds is 4. The quantitative estimate of drug-likeness (QED) is 0.933. The van der Waals surface area contributed by atoms with Gasteiger partial charge < -0.3 is 9.88 Å². The Morgan fingerprint density at radius 1 is 1.33 bits per heavy atom. The highest BCUT2D eigenvalue weighted by molar-refractivity contribution is 7.07. The molecule has 0 fully saturated rings. The van der Waals surface area contributed by atoms with E-state index in [1.807, 2.05) is 43.7 Å². The Morgan fingerprint density at radius 2 is 2.10 bits per heavy atom. The van der Waals surface area contributed by atoms with Crippen molar-refractivity contribution in [2.24, 2.45) is 12.0 Å². The summed E-state index contributed by atoms with van der Waals surface area (Å²) in [5.74, 6) is -0.402. The lowest BCUT2D eigenvalue weighted by atomic mass is 10.1. The molecule has 5 nitrogen and oxygen atoms in total. The second kappa shape index (κ2) is 6.99. The van der Waals surface area contributed by atoms with Gasteiger partial charge in [0.2, 0.25) is 5.91 Å². The molecule has 21 heavy (non-hydrogen) atoms. The van der Waals surface area contributed by atoms with Crippen LogP contribution in [0.4, 0.5) is 0 Å². The van der Waals surface area contributed by atoms with Crippen LogP contribution >= 0.6 is 11.3 Å². The number of thiazole rings is 1. The zero-order chi connectivity index (χ0) is 15.2. The standard InChI is InChI=1S/C15H17N3O2S/c1-11-5-3-4-6-12(11)14(20)16-8-7-13(19)17-15-18(2)9-10-21-15/h3-6,9-10H,7-8H2,1-2H3,(H,16,20). The lowest BCUT2D eigenvalue weighted by molar-refractivity contribution is -0.117. The zero-order valence-corrected chi connectivity index (χ0v) is 12.8. The summed E-state index contributed by atoms with van der Waals surface area (Å²) < 4.78 is 1.79. The minimum Gasteiger partial charge on any atom is -0.352 e. The summed E-state index contributed by atoms with van der Waals surface area (Å²) in [7, 11) is 1.84. The van der Waals surface area contributed by atoms with Crippen LogP contribution in [0.1, 0.15) is 22.3 Å². The number of hydrogen-bond donors (Lipinski definition) is 1. The molecule has 0 bridgehead atoms. The average molecular weight is 303 g/mol. The van der Waals surface area contributed by atoms with Gasteiger partial charge in [0.1, 0.15) is 0 Å². The van der Waals surface area contributed by atoms with E-state index in [0.717, 1.165) is 5.56 Å². The fourth-order valence-corrected chi connectivity index (χ4v) is 2.55. The molecule has 0 aliphatic carbocycles. The summed E-state index contributed by atoms with van der Waals surface area (Å²) in [5, 5.41) is 4.61. The van der Waals surface area contributed by atoms with Crippen molar-refractivity contribution >= 4 is 23.2 Å². The van der Waals surface area contributed by atoms with Crippen LogP contribution in [0.5, 0.6) is 0 Å². The van der Waals surface area contributed by atoms with Crippen molar-refractivity contribution in [2.45, 2.75) is 13.3 Å². The molecule has 0 saturated heterocycles. The second-order valence-corrected chi connectivity index (χ2v) is 5.50. The van der Waals surface area contributed by atoms with Gasteiger partial charge in [-0.15, -0.1) is 11.3 Å². The smallest absolute Gasteiger partial charge is 0.251 e. The van der Waals surface area contributed by atoms with E-state index in [4.69, 9.17) is 0 Å². The number of carbonyl (C=O) groups is 2. The molecule has 0 unspecified atom stereocenters. The summed E-state index contributed by atoms with van der Waals surface area (Å²) in [4.78, 5) is 28.3. The van der Waals surface area contributed by atoms with Crippen LogP contribution in [0.2, 0.25) is 0 Å². The van der Waals surface area contributed by atoms with Gasteiger partial charge >= 0.3 is 0 Å². The number of hydrogen-bond acceptors (Lipinski definition) is 3. The number of aromatic nitrogens is 1. The third-order valence-electron chi connectivity index (χ3n) is 2.99. The number of amides is 2. The fourth-order valence-electron chi connectivity index (χ4n) is 1.80. The number of aryl methyl sites for hydroxylation is 2. The summed E-state index contributed by atoms with van der Waals surface area (Å²) in [6.07, 6.45) is 2.03. The topological polar surface area (TPSA) is 63.5 Å². The van der Waals surface area contributed by atoms with Crippen LogP contribution in [0.15, 0.2) is 40.8 Å². The molecule has 2 amide bonds. The van der Waals surface area contributed by atoms with E-state index in [1.54, 1.807) is 10.6 Å². The monoisotopic (exact) mass is 303 g/mol. The minimum atomic E-state index is -0.238. The maximum absolute atomic E-state index is 12.0. The molecular weight excluding hydrogens is 286 g/mol. The Morgan fingerprint density at radius 3 is 2.76 bits per heavy atom. The predicted octanol–water partition coefficient (Wildman–Crippen LogP) is 1.64. The molecule has 0 atom stereocenters. The first kappa shape index (κ1) is 15.2. The van der Waals surface area contributed by atoms with E-state index >= 15 is 0 Å². The highest BCUT2D eigenvalue weighted by Gasteiger charge is 2.08. The van der Waals surface area contributed by atoms with Crippen molar-refractivity contribution in [1.29, 1.82) is 0 Å². The first-order chi connectivity index (χ1) is 10.1. The van der Waals surface area contributed by atoms with Crippen molar-refractivity contribution in [2.75, 3.05) is 6.54 Å². The van der Waals surface area contributed by atoms with E-state index in [9.17, 15) is 9.59 Å². The maximum Gasteiger partial charge on any atom is 0.251 e. The predicted molar refractivity (Wildman–Crippen MR) is 82.0 cm³/mol. The van der Waals surface area contributed by atoms with Gasteiger partial charge in [-0.1, -0.05) is 18.2 Å². The Kier molecular flexibility index (Phi) is 5.05. The Balaban J connectivity index is 1.88. The molecule has 0 spiro atoms. The van der Waals surface area contributed by atoms with E-state index < -0.39 is 0 Å². The second-order valence-electron chi connectivity index (χ2n) is 4.62. The number of nitrogens with zero attached hydrogens (tertiary/aromatic N) is 2. The molecule has 1 heterocycles. The third kappa shape index (κ3) is 4.13. The van der Waals surface area contributed by atoms with Gasteiger partial charge in [0.25, 0.3) is 5.91 Å². The minimum absolute atomic E-state index is 0.164. The summed E-state index contributed by atoms with van der Waals surface area (Å²) in [6, 6.07) is 7.35. The van der Waals surface area contributed by atoms with E-state index in [0.29, 0.717) is 10.4 Å². The Labute approximate surface area is 127 Å². The summed E-state index contributed by atoms with van der Waals surface area (Å²) >= 11 is 1.40. The van der Waals surface area contributed by atoms with Crippen molar-refractivity contribution < 1.29 is 9.59 Å². The summed E-state index contributed by atoms with van der Waals surface area (Å²) in [6.45, 7) is 2.16. The van der Waals surface area contributed by atoms with Gasteiger partial charge in [-0.2, -0.15) is 4.99 Å². The highest BCUT2D eigenvalue weighted by atomic mass is 32.1. The normalized spacial score (nSPS) is 11.4. The SMILES string of the molecule is Cc1ccccc1C(=O)NCCC(=O)N=c1sccn1C. The molecule has 1 aromatic carbocycles. The van der Waals surface area contributed by atoms with Gasteiger partial charge in [-0.05, 0) is 18.6 Å². The zero-order valence-electron chi connectivity index (χ0n) is 12.0. The van der Waals surface area contributed by atoms with Crippen molar-refractivity contribution in [3.8, 4) is 0 Å². The molecule has 0 aliphatic heterocycles. The molecule has 2 rings (SSSR count). The average Bonchev–Trinajstić information content (AvgIpc) is 2.84. The molecule has 1 N–H and O–H groups in total.